The number of carbonyl (C=O) groups excluding carboxylic acids is 1. The lowest BCUT2D eigenvalue weighted by Crippen LogP contribution is -2.25. The fraction of sp³-hybridized carbons (Fsp3) is 0.357. The van der Waals surface area contributed by atoms with Gasteiger partial charge in [-0.15, -0.1) is 10.2 Å². The van der Waals surface area contributed by atoms with Gasteiger partial charge in [0.1, 0.15) is 0 Å². The van der Waals surface area contributed by atoms with E-state index >= 15 is 0 Å². The van der Waals surface area contributed by atoms with E-state index in [1.807, 2.05) is 12.1 Å². The Hall–Kier alpha value is -1.55. The van der Waals surface area contributed by atoms with Crippen LogP contribution in [0, 0.1) is 5.92 Å². The van der Waals surface area contributed by atoms with Crippen molar-refractivity contribution < 1.29 is 13.2 Å². The monoisotopic (exact) mass is 388 g/mol. The number of hydrogen-bond donors (Lipinski definition) is 2. The Labute approximate surface area is 149 Å². The number of anilines is 1. The summed E-state index contributed by atoms with van der Waals surface area (Å²) in [6, 6.07) is 7.17. The standard InChI is InChI=1S/C14H17ClN4O3S2/c1-9(2)12(20)17-13-18-19-14(23-13)24(21,22)16-8-7-10-3-5-11(15)6-4-10/h3-6,9,16H,7-8H2,1-2H3,(H,17,18,20). The Bertz CT molecular complexity index is 804. The van der Waals surface area contributed by atoms with Crippen LogP contribution < -0.4 is 10.0 Å². The summed E-state index contributed by atoms with van der Waals surface area (Å²) in [7, 11) is -3.76. The summed E-state index contributed by atoms with van der Waals surface area (Å²) in [6.07, 6.45) is 0.520. The number of benzene rings is 1. The molecule has 0 aliphatic carbocycles. The molecule has 24 heavy (non-hydrogen) atoms. The van der Waals surface area contributed by atoms with Gasteiger partial charge in [-0.25, -0.2) is 13.1 Å². The van der Waals surface area contributed by atoms with E-state index in [-0.39, 0.29) is 27.8 Å². The molecule has 2 aromatic rings. The molecule has 0 saturated carbocycles. The number of aromatic nitrogens is 2. The minimum Gasteiger partial charge on any atom is -0.300 e. The summed E-state index contributed by atoms with van der Waals surface area (Å²) in [5.41, 5.74) is 0.962. The molecule has 1 aromatic heterocycles. The van der Waals surface area contributed by atoms with E-state index < -0.39 is 10.0 Å². The number of amides is 1. The van der Waals surface area contributed by atoms with Gasteiger partial charge in [-0.3, -0.25) is 4.79 Å². The summed E-state index contributed by atoms with van der Waals surface area (Å²) >= 11 is 6.61. The van der Waals surface area contributed by atoms with Crippen molar-refractivity contribution in [2.75, 3.05) is 11.9 Å². The Morgan fingerprint density at radius 3 is 2.54 bits per heavy atom. The Balaban J connectivity index is 1.94. The lowest BCUT2D eigenvalue weighted by atomic mass is 10.2. The number of sulfonamides is 1. The molecule has 0 aliphatic rings. The summed E-state index contributed by atoms with van der Waals surface area (Å²) in [6.45, 7) is 3.68. The quantitative estimate of drug-likeness (QED) is 0.709. The molecule has 0 saturated heterocycles. The molecule has 130 valence electrons. The third-order valence-electron chi connectivity index (χ3n) is 3.01. The number of carbonyl (C=O) groups is 1. The van der Waals surface area contributed by atoms with Gasteiger partial charge in [0.25, 0.3) is 10.0 Å². The summed E-state index contributed by atoms with van der Waals surface area (Å²) in [5, 5.41) is 10.6. The lowest BCUT2D eigenvalue weighted by Gasteiger charge is -2.04. The highest BCUT2D eigenvalue weighted by molar-refractivity contribution is 7.91. The number of hydrogen-bond acceptors (Lipinski definition) is 6. The van der Waals surface area contributed by atoms with Gasteiger partial charge in [0.15, 0.2) is 0 Å². The molecule has 0 unspecified atom stereocenters. The maximum absolute atomic E-state index is 12.2. The second-order valence-electron chi connectivity index (χ2n) is 5.29. The van der Waals surface area contributed by atoms with Crippen LogP contribution in [0.4, 0.5) is 5.13 Å². The zero-order valence-corrected chi connectivity index (χ0v) is 15.5. The van der Waals surface area contributed by atoms with Gasteiger partial charge in [0.05, 0.1) is 0 Å². The van der Waals surface area contributed by atoms with Gasteiger partial charge in [0.2, 0.25) is 15.4 Å². The average molecular weight is 389 g/mol. The normalized spacial score (nSPS) is 11.7. The van der Waals surface area contributed by atoms with Gasteiger partial charge >= 0.3 is 0 Å². The number of nitrogens with one attached hydrogen (secondary N) is 2. The van der Waals surface area contributed by atoms with Crippen LogP contribution in [0.25, 0.3) is 0 Å². The van der Waals surface area contributed by atoms with E-state index in [1.54, 1.807) is 26.0 Å². The van der Waals surface area contributed by atoms with E-state index in [4.69, 9.17) is 11.6 Å². The molecule has 10 heteroatoms. The van der Waals surface area contributed by atoms with Gasteiger partial charge in [-0.05, 0) is 24.1 Å². The number of halogens is 1. The highest BCUT2D eigenvalue weighted by Crippen LogP contribution is 2.20. The number of nitrogens with zero attached hydrogens (tertiary/aromatic N) is 2. The smallest absolute Gasteiger partial charge is 0.269 e. The predicted molar refractivity (Wildman–Crippen MR) is 93.7 cm³/mol. The van der Waals surface area contributed by atoms with Crippen LogP contribution in [0.15, 0.2) is 28.6 Å². The maximum Gasteiger partial charge on any atom is 0.269 e. The van der Waals surface area contributed by atoms with Gasteiger partial charge in [0, 0.05) is 17.5 Å². The van der Waals surface area contributed by atoms with Crippen molar-refractivity contribution in [2.45, 2.75) is 24.6 Å². The Morgan fingerprint density at radius 1 is 1.25 bits per heavy atom. The second kappa shape index (κ2) is 8.02. The van der Waals surface area contributed by atoms with Crippen LogP contribution in [0.2, 0.25) is 5.02 Å². The molecule has 0 atom stereocenters. The first-order chi connectivity index (χ1) is 11.3. The summed E-state index contributed by atoms with van der Waals surface area (Å²) in [4.78, 5) is 11.6. The molecule has 0 fully saturated rings. The fourth-order valence-corrected chi connectivity index (χ4v) is 3.76. The van der Waals surface area contributed by atoms with Crippen LogP contribution in [-0.4, -0.2) is 31.1 Å². The van der Waals surface area contributed by atoms with E-state index in [2.05, 4.69) is 20.2 Å². The first-order valence-electron chi connectivity index (χ1n) is 7.16. The predicted octanol–water partition coefficient (Wildman–Crippen LogP) is 2.31. The van der Waals surface area contributed by atoms with Crippen molar-refractivity contribution in [3.05, 3.63) is 34.9 Å². The topological polar surface area (TPSA) is 101 Å². The molecule has 0 aliphatic heterocycles. The maximum atomic E-state index is 12.2. The highest BCUT2D eigenvalue weighted by Gasteiger charge is 2.20. The van der Waals surface area contributed by atoms with Crippen LogP contribution in [0.1, 0.15) is 19.4 Å². The third-order valence-corrected chi connectivity index (χ3v) is 5.93. The molecule has 1 heterocycles. The molecule has 0 bridgehead atoms. The SMILES string of the molecule is CC(C)C(=O)Nc1nnc(S(=O)(=O)NCCc2ccc(Cl)cc2)s1. The van der Waals surface area contributed by atoms with Crippen molar-refractivity contribution in [1.82, 2.24) is 14.9 Å². The molecule has 2 N–H and O–H groups in total. The zero-order valence-electron chi connectivity index (χ0n) is 13.1. The fourth-order valence-electron chi connectivity index (χ4n) is 1.66. The largest absolute Gasteiger partial charge is 0.300 e. The minimum absolute atomic E-state index is 0.159. The van der Waals surface area contributed by atoms with Crippen LogP contribution in [-0.2, 0) is 21.2 Å². The van der Waals surface area contributed by atoms with Crippen LogP contribution in [0.3, 0.4) is 0 Å². The summed E-state index contributed by atoms with van der Waals surface area (Å²) in [5.74, 6) is -0.475. The molecular weight excluding hydrogens is 372 g/mol. The molecule has 7 nitrogen and oxygen atoms in total. The van der Waals surface area contributed by atoms with Crippen molar-refractivity contribution >= 4 is 44.0 Å². The minimum atomic E-state index is -3.76. The first kappa shape index (κ1) is 18.8. The van der Waals surface area contributed by atoms with Gasteiger partial charge < -0.3 is 5.32 Å². The van der Waals surface area contributed by atoms with E-state index in [9.17, 15) is 13.2 Å². The molecule has 2 rings (SSSR count). The van der Waals surface area contributed by atoms with Crippen molar-refractivity contribution in [3.63, 3.8) is 0 Å². The third kappa shape index (κ3) is 5.23. The van der Waals surface area contributed by atoms with E-state index in [0.29, 0.717) is 11.4 Å². The van der Waals surface area contributed by atoms with E-state index in [0.717, 1.165) is 16.9 Å². The number of rotatable bonds is 7. The summed E-state index contributed by atoms with van der Waals surface area (Å²) < 4.78 is 26.6. The van der Waals surface area contributed by atoms with E-state index in [1.165, 1.54) is 0 Å². The first-order valence-corrected chi connectivity index (χ1v) is 9.84. The average Bonchev–Trinajstić information content (AvgIpc) is 2.98. The van der Waals surface area contributed by atoms with Gasteiger partial charge in [-0.2, -0.15) is 0 Å². The van der Waals surface area contributed by atoms with Crippen molar-refractivity contribution in [1.29, 1.82) is 0 Å². The van der Waals surface area contributed by atoms with Crippen molar-refractivity contribution in [2.24, 2.45) is 5.92 Å². The molecule has 1 amide bonds. The zero-order chi connectivity index (χ0) is 17.7. The molecular formula is C14H17ClN4O3S2. The van der Waals surface area contributed by atoms with Crippen molar-refractivity contribution in [3.8, 4) is 0 Å². The second-order valence-corrected chi connectivity index (χ2v) is 8.65. The Morgan fingerprint density at radius 2 is 1.92 bits per heavy atom. The molecule has 0 spiro atoms. The van der Waals surface area contributed by atoms with Crippen LogP contribution in [0.5, 0.6) is 0 Å². The molecule has 1 aromatic carbocycles. The lowest BCUT2D eigenvalue weighted by molar-refractivity contribution is -0.118. The molecule has 0 radical (unpaired) electrons. The van der Waals surface area contributed by atoms with Crippen LogP contribution >= 0.6 is 22.9 Å². The van der Waals surface area contributed by atoms with Gasteiger partial charge in [-0.1, -0.05) is 48.9 Å². The highest BCUT2D eigenvalue weighted by atomic mass is 35.5. The Kier molecular flexibility index (Phi) is 6.27.